The van der Waals surface area contributed by atoms with Crippen molar-refractivity contribution in [3.05, 3.63) is 53.2 Å². The molecule has 1 aromatic heterocycles. The number of ether oxygens (including phenoxy) is 1. The van der Waals surface area contributed by atoms with Gasteiger partial charge in [-0.05, 0) is 56.0 Å². The number of rotatable bonds is 4. The molecule has 2 aromatic rings. The Kier molecular flexibility index (Phi) is 5.74. The summed E-state index contributed by atoms with van der Waals surface area (Å²) in [5.41, 5.74) is 2.60. The number of nitrogens with one attached hydrogen (secondary N) is 1. The first kappa shape index (κ1) is 18.9. The van der Waals surface area contributed by atoms with Crippen LogP contribution in [0.3, 0.4) is 0 Å². The molecular formula is C21H25N3O3. The van der Waals surface area contributed by atoms with Gasteiger partial charge in [0.1, 0.15) is 11.6 Å². The summed E-state index contributed by atoms with van der Waals surface area (Å²) in [6.45, 7) is 4.95. The Morgan fingerprint density at radius 2 is 2.04 bits per heavy atom. The van der Waals surface area contributed by atoms with Crippen LogP contribution in [0.5, 0.6) is 5.75 Å². The highest BCUT2D eigenvalue weighted by Crippen LogP contribution is 2.23. The molecule has 0 unspecified atom stereocenters. The van der Waals surface area contributed by atoms with E-state index in [4.69, 9.17) is 4.74 Å². The summed E-state index contributed by atoms with van der Waals surface area (Å²) in [7, 11) is 1.59. The molecule has 3 rings (SSSR count). The molecule has 142 valence electrons. The molecule has 1 atom stereocenters. The third-order valence-corrected chi connectivity index (χ3v) is 4.90. The first-order valence-corrected chi connectivity index (χ1v) is 9.15. The molecule has 1 N–H and O–H groups in total. The Hall–Kier alpha value is -2.89. The molecule has 2 amide bonds. The largest absolute Gasteiger partial charge is 0.496 e. The molecule has 6 nitrogen and oxygen atoms in total. The summed E-state index contributed by atoms with van der Waals surface area (Å²) in [5, 5.41) is 2.86. The quantitative estimate of drug-likeness (QED) is 0.901. The fraction of sp³-hybridized carbons (Fsp3) is 0.381. The molecule has 0 spiro atoms. The third kappa shape index (κ3) is 4.45. The van der Waals surface area contributed by atoms with Crippen molar-refractivity contribution in [2.75, 3.05) is 25.5 Å². The monoisotopic (exact) mass is 367 g/mol. The maximum absolute atomic E-state index is 12.9. The van der Waals surface area contributed by atoms with Crippen molar-refractivity contribution in [2.45, 2.75) is 26.7 Å². The van der Waals surface area contributed by atoms with Crippen LogP contribution in [0.4, 0.5) is 5.82 Å². The topological polar surface area (TPSA) is 71.5 Å². The number of likely N-dealkylation sites (tertiary alicyclic amines) is 1. The first-order valence-electron chi connectivity index (χ1n) is 9.15. The molecule has 0 aliphatic carbocycles. The molecule has 1 aliphatic rings. The van der Waals surface area contributed by atoms with E-state index in [0.29, 0.717) is 30.2 Å². The average Bonchev–Trinajstić information content (AvgIpc) is 2.69. The Morgan fingerprint density at radius 3 is 2.74 bits per heavy atom. The number of carbonyl (C=O) groups excluding carboxylic acids is 2. The predicted octanol–water partition coefficient (Wildman–Crippen LogP) is 3.20. The molecule has 1 fully saturated rings. The van der Waals surface area contributed by atoms with Crippen molar-refractivity contribution >= 4 is 17.6 Å². The molecule has 27 heavy (non-hydrogen) atoms. The van der Waals surface area contributed by atoms with Gasteiger partial charge >= 0.3 is 0 Å². The van der Waals surface area contributed by atoms with E-state index in [9.17, 15) is 9.59 Å². The van der Waals surface area contributed by atoms with E-state index in [1.54, 1.807) is 36.4 Å². The van der Waals surface area contributed by atoms with Crippen molar-refractivity contribution < 1.29 is 14.3 Å². The smallest absolute Gasteiger partial charge is 0.254 e. The lowest BCUT2D eigenvalue weighted by Crippen LogP contribution is -2.43. The number of pyridine rings is 1. The van der Waals surface area contributed by atoms with Gasteiger partial charge in [0.05, 0.1) is 13.0 Å². The van der Waals surface area contributed by atoms with E-state index < -0.39 is 0 Å². The summed E-state index contributed by atoms with van der Waals surface area (Å²) in [6, 6.07) is 9.14. The zero-order valence-corrected chi connectivity index (χ0v) is 16.0. The number of anilines is 1. The highest BCUT2D eigenvalue weighted by Gasteiger charge is 2.29. The Morgan fingerprint density at radius 1 is 1.22 bits per heavy atom. The van der Waals surface area contributed by atoms with Gasteiger partial charge in [-0.2, -0.15) is 0 Å². The minimum Gasteiger partial charge on any atom is -0.496 e. The first-order chi connectivity index (χ1) is 13.0. The second-order valence-corrected chi connectivity index (χ2v) is 6.98. The number of aromatic nitrogens is 1. The van der Waals surface area contributed by atoms with Gasteiger partial charge in [0.25, 0.3) is 5.91 Å². The molecule has 1 aromatic carbocycles. The molecular weight excluding hydrogens is 342 g/mol. The molecule has 0 radical (unpaired) electrons. The summed E-state index contributed by atoms with van der Waals surface area (Å²) in [4.78, 5) is 31.4. The highest BCUT2D eigenvalue weighted by molar-refractivity contribution is 5.96. The normalized spacial score (nSPS) is 16.7. The second kappa shape index (κ2) is 8.20. The lowest BCUT2D eigenvalue weighted by molar-refractivity contribution is -0.121. The summed E-state index contributed by atoms with van der Waals surface area (Å²) in [5.74, 6) is 0.831. The van der Waals surface area contributed by atoms with E-state index in [-0.39, 0.29) is 17.7 Å². The van der Waals surface area contributed by atoms with Crippen LogP contribution in [0, 0.1) is 19.8 Å². The van der Waals surface area contributed by atoms with Gasteiger partial charge in [-0.3, -0.25) is 9.59 Å². The molecule has 1 aliphatic heterocycles. The van der Waals surface area contributed by atoms with Crippen molar-refractivity contribution in [3.8, 4) is 5.75 Å². The zero-order chi connectivity index (χ0) is 19.4. The van der Waals surface area contributed by atoms with E-state index in [0.717, 1.165) is 24.0 Å². The van der Waals surface area contributed by atoms with Crippen molar-refractivity contribution in [3.63, 3.8) is 0 Å². The third-order valence-electron chi connectivity index (χ3n) is 4.90. The molecule has 0 bridgehead atoms. The van der Waals surface area contributed by atoms with E-state index in [1.807, 2.05) is 26.0 Å². The van der Waals surface area contributed by atoms with Crippen LogP contribution in [-0.4, -0.2) is 41.9 Å². The molecule has 2 heterocycles. The van der Waals surface area contributed by atoms with Crippen LogP contribution >= 0.6 is 0 Å². The predicted molar refractivity (Wildman–Crippen MR) is 104 cm³/mol. The minimum absolute atomic E-state index is 0.0701. The Labute approximate surface area is 159 Å². The minimum atomic E-state index is -0.238. The zero-order valence-electron chi connectivity index (χ0n) is 16.0. The van der Waals surface area contributed by atoms with Gasteiger partial charge < -0.3 is 15.0 Å². The van der Waals surface area contributed by atoms with Crippen molar-refractivity contribution in [2.24, 2.45) is 5.92 Å². The number of hydrogen-bond donors (Lipinski definition) is 1. The number of hydrogen-bond acceptors (Lipinski definition) is 4. The van der Waals surface area contributed by atoms with E-state index >= 15 is 0 Å². The van der Waals surface area contributed by atoms with Crippen LogP contribution in [0.25, 0.3) is 0 Å². The summed E-state index contributed by atoms with van der Waals surface area (Å²) >= 11 is 0. The maximum atomic E-state index is 12.9. The van der Waals surface area contributed by atoms with Crippen LogP contribution < -0.4 is 10.1 Å². The van der Waals surface area contributed by atoms with Crippen LogP contribution in [-0.2, 0) is 4.79 Å². The highest BCUT2D eigenvalue weighted by atomic mass is 16.5. The molecule has 6 heteroatoms. The standard InChI is InChI=1S/C21H25N3O3/c1-14-6-9-19(22-12-14)23-20(25)17-5-4-10-24(13-17)21(26)16-8-7-15(2)18(11-16)27-3/h6-9,11-12,17H,4-5,10,13H2,1-3H3,(H,22,23,25)/t17-/m0/s1. The molecule has 0 saturated carbocycles. The van der Waals surface area contributed by atoms with E-state index in [1.165, 1.54) is 0 Å². The fourth-order valence-corrected chi connectivity index (χ4v) is 3.28. The Balaban J connectivity index is 1.67. The van der Waals surface area contributed by atoms with E-state index in [2.05, 4.69) is 10.3 Å². The number of nitrogens with zero attached hydrogens (tertiary/aromatic N) is 2. The van der Waals surface area contributed by atoms with Gasteiger partial charge in [-0.1, -0.05) is 12.1 Å². The van der Waals surface area contributed by atoms with Gasteiger partial charge in [-0.15, -0.1) is 0 Å². The lowest BCUT2D eigenvalue weighted by Gasteiger charge is -2.32. The SMILES string of the molecule is COc1cc(C(=O)N2CCC[C@H](C(=O)Nc3ccc(C)cn3)C2)ccc1C. The fourth-order valence-electron chi connectivity index (χ4n) is 3.28. The number of carbonyl (C=O) groups is 2. The summed E-state index contributed by atoms with van der Waals surface area (Å²) in [6.07, 6.45) is 3.28. The number of piperidine rings is 1. The number of benzene rings is 1. The number of methoxy groups -OCH3 is 1. The van der Waals surface area contributed by atoms with Crippen LogP contribution in [0.1, 0.15) is 34.3 Å². The van der Waals surface area contributed by atoms with Gasteiger partial charge in [-0.25, -0.2) is 4.98 Å². The average molecular weight is 367 g/mol. The maximum Gasteiger partial charge on any atom is 0.254 e. The van der Waals surface area contributed by atoms with Gasteiger partial charge in [0.15, 0.2) is 0 Å². The van der Waals surface area contributed by atoms with Crippen LogP contribution in [0.15, 0.2) is 36.5 Å². The molecule has 1 saturated heterocycles. The number of aryl methyl sites for hydroxylation is 2. The number of amides is 2. The van der Waals surface area contributed by atoms with Crippen LogP contribution in [0.2, 0.25) is 0 Å². The van der Waals surface area contributed by atoms with Crippen molar-refractivity contribution in [1.82, 2.24) is 9.88 Å². The summed E-state index contributed by atoms with van der Waals surface area (Å²) < 4.78 is 5.32. The van der Waals surface area contributed by atoms with Crippen molar-refractivity contribution in [1.29, 1.82) is 0 Å². The van der Waals surface area contributed by atoms with Gasteiger partial charge in [0.2, 0.25) is 5.91 Å². The lowest BCUT2D eigenvalue weighted by atomic mass is 9.96. The van der Waals surface area contributed by atoms with Gasteiger partial charge in [0, 0.05) is 24.8 Å². The Bertz CT molecular complexity index is 833. The second-order valence-electron chi connectivity index (χ2n) is 6.98.